The average Bonchev–Trinajstić information content (AvgIpc) is 3.68. The van der Waals surface area contributed by atoms with Gasteiger partial charge in [-0.25, -0.2) is 9.97 Å². The SMILES string of the molecule is CN(C)C(=O)c1ccc2c(c1)OC(C1CC1)c1cc(Nc3cnc4c(c3)N3C(=O)CC[C@H]3CO4)ncc1-2. The predicted octanol–water partition coefficient (Wildman–Crippen LogP) is 4.32. The third kappa shape index (κ3) is 3.68. The maximum atomic E-state index is 12.5. The molecule has 3 aromatic rings. The van der Waals surface area contributed by atoms with Gasteiger partial charge < -0.3 is 24.6 Å². The summed E-state index contributed by atoms with van der Waals surface area (Å²) in [4.78, 5) is 37.5. The molecule has 1 aliphatic carbocycles. The molecule has 1 unspecified atom stereocenters. The first kappa shape index (κ1) is 22.1. The van der Waals surface area contributed by atoms with Gasteiger partial charge >= 0.3 is 0 Å². The topological polar surface area (TPSA) is 96.9 Å². The Morgan fingerprint density at radius 3 is 2.76 bits per heavy atom. The van der Waals surface area contributed by atoms with Crippen molar-refractivity contribution in [2.45, 2.75) is 37.8 Å². The Bertz CT molecular complexity index is 1450. The number of nitrogens with one attached hydrogen (secondary N) is 1. The van der Waals surface area contributed by atoms with Gasteiger partial charge in [0.1, 0.15) is 30.0 Å². The van der Waals surface area contributed by atoms with Crippen LogP contribution in [0.3, 0.4) is 0 Å². The molecule has 2 fully saturated rings. The van der Waals surface area contributed by atoms with E-state index in [1.54, 1.807) is 25.2 Å². The molecule has 188 valence electrons. The zero-order chi connectivity index (χ0) is 25.3. The third-order valence-corrected chi connectivity index (χ3v) is 7.57. The van der Waals surface area contributed by atoms with E-state index >= 15 is 0 Å². The van der Waals surface area contributed by atoms with Crippen LogP contribution in [0, 0.1) is 5.92 Å². The quantitative estimate of drug-likeness (QED) is 0.573. The van der Waals surface area contributed by atoms with Crippen LogP contribution < -0.4 is 19.7 Å². The molecule has 1 N–H and O–H groups in total. The summed E-state index contributed by atoms with van der Waals surface area (Å²) in [6.07, 6.45) is 7.05. The van der Waals surface area contributed by atoms with Crippen LogP contribution in [0.25, 0.3) is 11.1 Å². The fraction of sp³-hybridized carbons (Fsp3) is 0.357. The Balaban J connectivity index is 1.22. The lowest BCUT2D eigenvalue weighted by molar-refractivity contribution is -0.117. The number of nitrogens with zero attached hydrogens (tertiary/aromatic N) is 4. The molecule has 0 spiro atoms. The molecule has 3 aliphatic heterocycles. The fourth-order valence-electron chi connectivity index (χ4n) is 5.53. The normalized spacial score (nSPS) is 21.1. The van der Waals surface area contributed by atoms with E-state index in [0.29, 0.717) is 41.9 Å². The Morgan fingerprint density at radius 2 is 1.95 bits per heavy atom. The first-order valence-corrected chi connectivity index (χ1v) is 12.7. The molecule has 0 radical (unpaired) electrons. The van der Waals surface area contributed by atoms with Gasteiger partial charge in [0.25, 0.3) is 5.91 Å². The van der Waals surface area contributed by atoms with Crippen LogP contribution >= 0.6 is 0 Å². The second-order valence-corrected chi connectivity index (χ2v) is 10.4. The highest BCUT2D eigenvalue weighted by Gasteiger charge is 2.40. The number of anilines is 3. The van der Waals surface area contributed by atoms with Gasteiger partial charge in [-0.3, -0.25) is 9.59 Å². The predicted molar refractivity (Wildman–Crippen MR) is 137 cm³/mol. The summed E-state index contributed by atoms with van der Waals surface area (Å²) < 4.78 is 12.3. The van der Waals surface area contributed by atoms with E-state index in [1.807, 2.05) is 41.4 Å². The van der Waals surface area contributed by atoms with Crippen LogP contribution in [0.4, 0.5) is 17.2 Å². The monoisotopic (exact) mass is 497 g/mol. The minimum Gasteiger partial charge on any atom is -0.485 e. The van der Waals surface area contributed by atoms with Crippen molar-refractivity contribution in [2.75, 3.05) is 30.9 Å². The molecule has 2 amide bonds. The molecule has 7 rings (SSSR count). The molecule has 1 saturated carbocycles. The number of rotatable bonds is 4. The number of amides is 2. The minimum absolute atomic E-state index is 0.0520. The molecule has 5 heterocycles. The zero-order valence-corrected chi connectivity index (χ0v) is 20.7. The number of carbonyl (C=O) groups excluding carboxylic acids is 2. The summed E-state index contributed by atoms with van der Waals surface area (Å²) in [6, 6.07) is 9.65. The summed E-state index contributed by atoms with van der Waals surface area (Å²) >= 11 is 0. The highest BCUT2D eigenvalue weighted by atomic mass is 16.5. The fourth-order valence-corrected chi connectivity index (χ4v) is 5.53. The first-order valence-electron chi connectivity index (χ1n) is 12.7. The Hall–Kier alpha value is -4.14. The second-order valence-electron chi connectivity index (χ2n) is 10.4. The number of benzene rings is 1. The third-order valence-electron chi connectivity index (χ3n) is 7.57. The number of ether oxygens (including phenoxy) is 2. The van der Waals surface area contributed by atoms with Gasteiger partial charge in [0, 0.05) is 54.9 Å². The maximum absolute atomic E-state index is 12.5. The lowest BCUT2D eigenvalue weighted by Crippen LogP contribution is -2.40. The summed E-state index contributed by atoms with van der Waals surface area (Å²) in [7, 11) is 3.49. The minimum atomic E-state index is -0.0891. The van der Waals surface area contributed by atoms with Gasteiger partial charge in [-0.05, 0) is 49.6 Å². The van der Waals surface area contributed by atoms with Crippen LogP contribution in [-0.2, 0) is 4.79 Å². The van der Waals surface area contributed by atoms with Crippen molar-refractivity contribution >= 4 is 29.0 Å². The van der Waals surface area contributed by atoms with Crippen LogP contribution in [-0.4, -0.2) is 53.4 Å². The van der Waals surface area contributed by atoms with Gasteiger partial charge in [-0.2, -0.15) is 0 Å². The smallest absolute Gasteiger partial charge is 0.253 e. The van der Waals surface area contributed by atoms with Crippen molar-refractivity contribution in [3.05, 3.63) is 53.9 Å². The van der Waals surface area contributed by atoms with Gasteiger partial charge in [-0.15, -0.1) is 0 Å². The van der Waals surface area contributed by atoms with E-state index in [2.05, 4.69) is 10.3 Å². The molecule has 9 heteroatoms. The van der Waals surface area contributed by atoms with Crippen molar-refractivity contribution in [1.82, 2.24) is 14.9 Å². The largest absolute Gasteiger partial charge is 0.485 e. The number of pyridine rings is 2. The maximum Gasteiger partial charge on any atom is 0.253 e. The number of hydrogen-bond acceptors (Lipinski definition) is 7. The molecular weight excluding hydrogens is 470 g/mol. The number of fused-ring (bicyclic) bond motifs is 6. The number of hydrogen-bond donors (Lipinski definition) is 1. The van der Waals surface area contributed by atoms with E-state index in [9.17, 15) is 9.59 Å². The van der Waals surface area contributed by atoms with E-state index in [1.165, 1.54) is 0 Å². The van der Waals surface area contributed by atoms with Gasteiger partial charge in [0.15, 0.2) is 0 Å². The van der Waals surface area contributed by atoms with E-state index < -0.39 is 0 Å². The lowest BCUT2D eigenvalue weighted by Gasteiger charge is -2.31. The number of carbonyl (C=O) groups is 2. The summed E-state index contributed by atoms with van der Waals surface area (Å²) in [5, 5.41) is 3.37. The molecule has 37 heavy (non-hydrogen) atoms. The lowest BCUT2D eigenvalue weighted by atomic mass is 9.91. The standard InChI is InChI=1S/C28H27N5O4/c1-32(2)28(35)16-5-7-19-21-13-29-24(11-20(21)26(15-3-4-15)37-23(19)9-16)31-17-10-22-27(30-12-17)36-14-18-6-8-25(34)33(18)22/h5,7,9-13,15,18,26H,3-4,6,8,14H2,1-2H3,(H,29,31)/t18-,26?/m0/s1. The van der Waals surface area contributed by atoms with Gasteiger partial charge in [-0.1, -0.05) is 0 Å². The Kier molecular flexibility index (Phi) is 4.89. The molecule has 2 aromatic heterocycles. The summed E-state index contributed by atoms with van der Waals surface area (Å²) in [5.41, 5.74) is 5.10. The van der Waals surface area contributed by atoms with Crippen molar-refractivity contribution in [3.8, 4) is 22.8 Å². The highest BCUT2D eigenvalue weighted by Crippen LogP contribution is 2.52. The second kappa shape index (κ2) is 8.19. The van der Waals surface area contributed by atoms with Crippen LogP contribution in [0.2, 0.25) is 0 Å². The van der Waals surface area contributed by atoms with Crippen LogP contribution in [0.1, 0.15) is 47.7 Å². The average molecular weight is 498 g/mol. The summed E-state index contributed by atoms with van der Waals surface area (Å²) in [5.74, 6) is 2.39. The molecule has 9 nitrogen and oxygen atoms in total. The molecule has 1 aromatic carbocycles. The van der Waals surface area contributed by atoms with Gasteiger partial charge in [0.2, 0.25) is 11.8 Å². The van der Waals surface area contributed by atoms with E-state index in [0.717, 1.165) is 47.4 Å². The van der Waals surface area contributed by atoms with Crippen molar-refractivity contribution < 1.29 is 19.1 Å². The Morgan fingerprint density at radius 1 is 1.08 bits per heavy atom. The molecule has 4 aliphatic rings. The van der Waals surface area contributed by atoms with Gasteiger partial charge in [0.05, 0.1) is 17.9 Å². The molecule has 0 bridgehead atoms. The molecular formula is C28H27N5O4. The van der Waals surface area contributed by atoms with Crippen molar-refractivity contribution in [3.63, 3.8) is 0 Å². The van der Waals surface area contributed by atoms with Crippen LogP contribution in [0.5, 0.6) is 11.6 Å². The first-order chi connectivity index (χ1) is 18.0. The van der Waals surface area contributed by atoms with E-state index in [4.69, 9.17) is 14.5 Å². The Labute approximate surface area is 214 Å². The zero-order valence-electron chi connectivity index (χ0n) is 20.7. The summed E-state index contributed by atoms with van der Waals surface area (Å²) in [6.45, 7) is 0.486. The highest BCUT2D eigenvalue weighted by molar-refractivity contribution is 5.98. The molecule has 2 atom stereocenters. The van der Waals surface area contributed by atoms with Crippen LogP contribution in [0.15, 0.2) is 42.7 Å². The van der Waals surface area contributed by atoms with E-state index in [-0.39, 0.29) is 24.0 Å². The van der Waals surface area contributed by atoms with Crippen molar-refractivity contribution in [1.29, 1.82) is 0 Å². The number of aromatic nitrogens is 2. The molecule has 1 saturated heterocycles. The van der Waals surface area contributed by atoms with Crippen molar-refractivity contribution in [2.24, 2.45) is 5.92 Å².